The number of anilines is 2. The summed E-state index contributed by atoms with van der Waals surface area (Å²) in [7, 11) is 1.76. The minimum absolute atomic E-state index is 0.00818. The van der Waals surface area contributed by atoms with Gasteiger partial charge in [0.1, 0.15) is 5.75 Å². The fourth-order valence-corrected chi connectivity index (χ4v) is 4.52. The maximum atomic E-state index is 12.7. The number of nitrogens with one attached hydrogen (secondary N) is 1. The highest BCUT2D eigenvalue weighted by atomic mass is 32.1. The number of para-hydroxylation sites is 3. The summed E-state index contributed by atoms with van der Waals surface area (Å²) >= 11 is 1.50. The quantitative estimate of drug-likeness (QED) is 0.614. The van der Waals surface area contributed by atoms with Gasteiger partial charge in [-0.1, -0.05) is 35.6 Å². The number of phenols is 1. The molecular weight excluding hydrogens is 400 g/mol. The van der Waals surface area contributed by atoms with E-state index in [0.29, 0.717) is 43.3 Å². The van der Waals surface area contributed by atoms with Crippen LogP contribution >= 0.6 is 11.3 Å². The first-order valence-corrected chi connectivity index (χ1v) is 10.8. The van der Waals surface area contributed by atoms with E-state index in [0.717, 1.165) is 10.2 Å². The SMILES string of the molecule is CN(C(=O)CN1CCC(C(=O)Nc2ccccc2O)CC1)c1nc2ccccc2s1. The molecular formula is C22H24N4O3S. The lowest BCUT2D eigenvalue weighted by molar-refractivity contribution is -0.122. The predicted molar refractivity (Wildman–Crippen MR) is 119 cm³/mol. The van der Waals surface area contributed by atoms with Crippen molar-refractivity contribution in [2.24, 2.45) is 5.92 Å². The summed E-state index contributed by atoms with van der Waals surface area (Å²) in [6.45, 7) is 1.66. The van der Waals surface area contributed by atoms with Gasteiger partial charge >= 0.3 is 0 Å². The monoisotopic (exact) mass is 424 g/mol. The number of fused-ring (bicyclic) bond motifs is 1. The zero-order chi connectivity index (χ0) is 21.1. The number of aromatic nitrogens is 1. The first kappa shape index (κ1) is 20.3. The van der Waals surface area contributed by atoms with E-state index in [4.69, 9.17) is 0 Å². The Kier molecular flexibility index (Phi) is 5.96. The second-order valence-electron chi connectivity index (χ2n) is 7.47. The molecule has 0 radical (unpaired) electrons. The largest absolute Gasteiger partial charge is 0.506 e. The van der Waals surface area contributed by atoms with Crippen LogP contribution in [0.5, 0.6) is 5.75 Å². The molecule has 2 heterocycles. The number of carbonyl (C=O) groups is 2. The summed E-state index contributed by atoms with van der Waals surface area (Å²) in [5.41, 5.74) is 1.32. The Morgan fingerprint density at radius 1 is 1.17 bits per heavy atom. The lowest BCUT2D eigenvalue weighted by Gasteiger charge is -2.31. The third-order valence-electron chi connectivity index (χ3n) is 5.42. The number of thiazole rings is 1. The number of benzene rings is 2. The molecule has 2 aromatic carbocycles. The fourth-order valence-electron chi connectivity index (χ4n) is 3.57. The molecule has 1 fully saturated rings. The zero-order valence-electron chi connectivity index (χ0n) is 16.7. The van der Waals surface area contributed by atoms with Crippen molar-refractivity contribution in [3.05, 3.63) is 48.5 Å². The molecule has 8 heteroatoms. The first-order chi connectivity index (χ1) is 14.5. The maximum absolute atomic E-state index is 12.7. The Bertz CT molecular complexity index is 1030. The van der Waals surface area contributed by atoms with Gasteiger partial charge in [0.25, 0.3) is 0 Å². The van der Waals surface area contributed by atoms with Gasteiger partial charge in [0.2, 0.25) is 11.8 Å². The summed E-state index contributed by atoms with van der Waals surface area (Å²) < 4.78 is 1.06. The number of hydrogen-bond acceptors (Lipinski definition) is 6. The third kappa shape index (κ3) is 4.44. The Morgan fingerprint density at radius 3 is 2.60 bits per heavy atom. The second-order valence-corrected chi connectivity index (χ2v) is 8.48. The molecule has 1 aliphatic heterocycles. The molecule has 0 atom stereocenters. The number of phenolic OH excluding ortho intramolecular Hbond substituents is 1. The van der Waals surface area contributed by atoms with E-state index < -0.39 is 0 Å². The number of likely N-dealkylation sites (N-methyl/N-ethyl adjacent to an activating group) is 1. The minimum atomic E-state index is -0.127. The van der Waals surface area contributed by atoms with E-state index in [9.17, 15) is 14.7 Å². The summed E-state index contributed by atoms with van der Waals surface area (Å²) in [6, 6.07) is 14.6. The van der Waals surface area contributed by atoms with Crippen molar-refractivity contribution in [2.45, 2.75) is 12.8 Å². The number of nitrogens with zero attached hydrogens (tertiary/aromatic N) is 3. The molecule has 1 aromatic heterocycles. The molecule has 7 nitrogen and oxygen atoms in total. The number of rotatable bonds is 5. The van der Waals surface area contributed by atoms with Gasteiger partial charge in [-0.15, -0.1) is 0 Å². The van der Waals surface area contributed by atoms with Crippen LogP contribution in [0.4, 0.5) is 10.8 Å². The maximum Gasteiger partial charge on any atom is 0.242 e. The molecule has 4 rings (SSSR count). The van der Waals surface area contributed by atoms with Crippen molar-refractivity contribution in [2.75, 3.05) is 36.9 Å². The topological polar surface area (TPSA) is 85.8 Å². The number of amides is 2. The van der Waals surface area contributed by atoms with E-state index >= 15 is 0 Å². The van der Waals surface area contributed by atoms with Crippen molar-refractivity contribution in [3.63, 3.8) is 0 Å². The third-order valence-corrected chi connectivity index (χ3v) is 6.54. The second kappa shape index (κ2) is 8.81. The number of likely N-dealkylation sites (tertiary alicyclic amines) is 1. The zero-order valence-corrected chi connectivity index (χ0v) is 17.6. The Labute approximate surface area is 178 Å². The van der Waals surface area contributed by atoms with Gasteiger partial charge < -0.3 is 10.4 Å². The summed E-state index contributed by atoms with van der Waals surface area (Å²) in [4.78, 5) is 33.5. The van der Waals surface area contributed by atoms with Crippen LogP contribution in [0.3, 0.4) is 0 Å². The van der Waals surface area contributed by atoms with Crippen molar-refractivity contribution < 1.29 is 14.7 Å². The molecule has 2 N–H and O–H groups in total. The highest BCUT2D eigenvalue weighted by Gasteiger charge is 2.27. The van der Waals surface area contributed by atoms with Crippen molar-refractivity contribution in [1.29, 1.82) is 0 Å². The summed E-state index contributed by atoms with van der Waals surface area (Å²) in [5, 5.41) is 13.3. The van der Waals surface area contributed by atoms with Crippen LogP contribution in [0.2, 0.25) is 0 Å². The van der Waals surface area contributed by atoms with Crippen LogP contribution in [0.1, 0.15) is 12.8 Å². The first-order valence-electron chi connectivity index (χ1n) is 9.94. The van der Waals surface area contributed by atoms with Crippen LogP contribution in [0, 0.1) is 5.92 Å². The van der Waals surface area contributed by atoms with Crippen LogP contribution in [-0.2, 0) is 9.59 Å². The number of carbonyl (C=O) groups excluding carboxylic acids is 2. The normalized spacial score (nSPS) is 15.2. The van der Waals surface area contributed by atoms with E-state index in [1.165, 1.54) is 11.3 Å². The molecule has 0 saturated carbocycles. The van der Waals surface area contributed by atoms with Crippen molar-refractivity contribution in [3.8, 4) is 5.75 Å². The molecule has 0 aliphatic carbocycles. The highest BCUT2D eigenvalue weighted by Crippen LogP contribution is 2.28. The van der Waals surface area contributed by atoms with Gasteiger partial charge in [0, 0.05) is 13.0 Å². The molecule has 2 amide bonds. The lowest BCUT2D eigenvalue weighted by Crippen LogP contribution is -2.44. The van der Waals surface area contributed by atoms with E-state index in [1.54, 1.807) is 36.2 Å². The molecule has 0 unspecified atom stereocenters. The smallest absolute Gasteiger partial charge is 0.242 e. The molecule has 3 aromatic rings. The van der Waals surface area contributed by atoms with Gasteiger partial charge in [-0.25, -0.2) is 4.98 Å². The van der Waals surface area contributed by atoms with Crippen molar-refractivity contribution in [1.82, 2.24) is 9.88 Å². The van der Waals surface area contributed by atoms with Gasteiger partial charge in [0.05, 0.1) is 22.4 Å². The molecule has 156 valence electrons. The van der Waals surface area contributed by atoms with E-state index in [1.807, 2.05) is 24.3 Å². The fraction of sp³-hybridized carbons (Fsp3) is 0.318. The summed E-state index contributed by atoms with van der Waals surface area (Å²) in [6.07, 6.45) is 1.36. The van der Waals surface area contributed by atoms with Crippen molar-refractivity contribution >= 4 is 44.2 Å². The molecule has 30 heavy (non-hydrogen) atoms. The van der Waals surface area contributed by atoms with Crippen LogP contribution < -0.4 is 10.2 Å². The number of aromatic hydroxyl groups is 1. The predicted octanol–water partition coefficient (Wildman–Crippen LogP) is 3.32. The van der Waals surface area contributed by atoms with Gasteiger partial charge in [-0.3, -0.25) is 19.4 Å². The van der Waals surface area contributed by atoms with Crippen LogP contribution in [0.25, 0.3) is 10.2 Å². The molecule has 1 aliphatic rings. The van der Waals surface area contributed by atoms with Gasteiger partial charge in [-0.2, -0.15) is 0 Å². The minimum Gasteiger partial charge on any atom is -0.506 e. The van der Waals surface area contributed by atoms with Crippen LogP contribution in [-0.4, -0.2) is 53.5 Å². The van der Waals surface area contributed by atoms with Gasteiger partial charge in [-0.05, 0) is 50.2 Å². The number of hydrogen-bond donors (Lipinski definition) is 2. The lowest BCUT2D eigenvalue weighted by atomic mass is 9.95. The highest BCUT2D eigenvalue weighted by molar-refractivity contribution is 7.22. The summed E-state index contributed by atoms with van der Waals surface area (Å²) in [5.74, 6) is -0.162. The van der Waals surface area contributed by atoms with E-state index in [-0.39, 0.29) is 23.5 Å². The molecule has 0 spiro atoms. The number of piperidine rings is 1. The average Bonchev–Trinajstić information content (AvgIpc) is 3.19. The Morgan fingerprint density at radius 2 is 1.87 bits per heavy atom. The standard InChI is InChI=1S/C22H24N4O3S/c1-25(22-24-17-7-3-5-9-19(17)30-22)20(28)14-26-12-10-15(11-13-26)21(29)23-16-6-2-4-8-18(16)27/h2-9,15,27H,10-14H2,1H3,(H,23,29). The Balaban J connectivity index is 1.29. The molecule has 0 bridgehead atoms. The average molecular weight is 425 g/mol. The molecule has 1 saturated heterocycles. The van der Waals surface area contributed by atoms with Gasteiger partial charge in [0.15, 0.2) is 5.13 Å². The van der Waals surface area contributed by atoms with Crippen LogP contribution in [0.15, 0.2) is 48.5 Å². The van der Waals surface area contributed by atoms with E-state index in [2.05, 4.69) is 15.2 Å². The Hall–Kier alpha value is -2.97.